The summed E-state index contributed by atoms with van der Waals surface area (Å²) >= 11 is 0. The first-order chi connectivity index (χ1) is 17.7. The van der Waals surface area contributed by atoms with Crippen LogP contribution in [0.1, 0.15) is 0 Å². The first kappa shape index (κ1) is 20.4. The lowest BCUT2D eigenvalue weighted by atomic mass is 9.97. The van der Waals surface area contributed by atoms with Gasteiger partial charge in [-0.2, -0.15) is 0 Å². The van der Waals surface area contributed by atoms with Crippen LogP contribution in [0, 0.1) is 0 Å². The number of hydrogen-bond donors (Lipinski definition) is 0. The van der Waals surface area contributed by atoms with E-state index in [9.17, 15) is 9.59 Å². The molecule has 0 amide bonds. The minimum absolute atomic E-state index is 0.0327. The molecule has 7 rings (SSSR count). The minimum Gasteiger partial charge on any atom is -0.456 e. The van der Waals surface area contributed by atoms with E-state index in [1.54, 1.807) is 12.1 Å². The van der Waals surface area contributed by atoms with E-state index in [0.29, 0.717) is 43.9 Å². The van der Waals surface area contributed by atoms with E-state index < -0.39 is 0 Å². The van der Waals surface area contributed by atoms with Crippen LogP contribution < -0.4 is 10.9 Å². The van der Waals surface area contributed by atoms with Crippen molar-refractivity contribution in [3.05, 3.63) is 130 Å². The molecule has 0 aliphatic heterocycles. The molecule has 0 bridgehead atoms. The van der Waals surface area contributed by atoms with Gasteiger partial charge in [0.1, 0.15) is 22.3 Å². The summed E-state index contributed by atoms with van der Waals surface area (Å²) in [6, 6.07) is 34.0. The third kappa shape index (κ3) is 3.16. The molecule has 0 N–H and O–H groups in total. The third-order valence-corrected chi connectivity index (χ3v) is 6.68. The second-order valence-corrected chi connectivity index (χ2v) is 8.86. The summed E-state index contributed by atoms with van der Waals surface area (Å²) in [6.07, 6.45) is 0. The zero-order chi connectivity index (χ0) is 24.2. The summed E-state index contributed by atoms with van der Waals surface area (Å²) in [5, 5.41) is 2.26. The van der Waals surface area contributed by atoms with Gasteiger partial charge in [-0.25, -0.2) is 0 Å². The number of fused-ring (bicyclic) bond motifs is 4. The van der Waals surface area contributed by atoms with E-state index in [1.165, 1.54) is 0 Å². The van der Waals surface area contributed by atoms with Gasteiger partial charge in [-0.05, 0) is 76.9 Å². The number of rotatable bonds is 2. The summed E-state index contributed by atoms with van der Waals surface area (Å²) in [5.41, 5.74) is 6.02. The van der Waals surface area contributed by atoms with Gasteiger partial charge in [-0.1, -0.05) is 54.6 Å². The Balaban J connectivity index is 1.36. The molecule has 36 heavy (non-hydrogen) atoms. The standard InChI is InChI=1S/C32H18O4/c33-31-23-8-1-4-11-28(23)36-30-18-22(12-14-25(30)31)20-7-5-6-19(16-20)21-13-15-29-26(17-21)32(34)24-9-2-3-10-27(24)35-29/h1-18H. The predicted molar refractivity (Wildman–Crippen MR) is 144 cm³/mol. The van der Waals surface area contributed by atoms with Gasteiger partial charge in [0.05, 0.1) is 21.5 Å². The Hall–Kier alpha value is -4.96. The maximum atomic E-state index is 13.1. The molecule has 0 aliphatic rings. The summed E-state index contributed by atoms with van der Waals surface area (Å²) in [5.74, 6) is 0. The van der Waals surface area contributed by atoms with Crippen molar-refractivity contribution >= 4 is 43.9 Å². The molecule has 0 saturated heterocycles. The van der Waals surface area contributed by atoms with E-state index in [0.717, 1.165) is 22.3 Å². The van der Waals surface area contributed by atoms with Crippen molar-refractivity contribution in [2.24, 2.45) is 0 Å². The number of para-hydroxylation sites is 2. The van der Waals surface area contributed by atoms with Gasteiger partial charge in [0.2, 0.25) is 10.9 Å². The fourth-order valence-electron chi connectivity index (χ4n) is 4.84. The van der Waals surface area contributed by atoms with E-state index in [1.807, 2.05) is 91.0 Å². The molecular formula is C32H18O4. The van der Waals surface area contributed by atoms with Crippen molar-refractivity contribution in [2.75, 3.05) is 0 Å². The highest BCUT2D eigenvalue weighted by atomic mass is 16.3. The molecule has 0 unspecified atom stereocenters. The Kier molecular flexibility index (Phi) is 4.42. The molecule has 0 radical (unpaired) electrons. The summed E-state index contributed by atoms with van der Waals surface area (Å²) in [6.45, 7) is 0. The van der Waals surface area contributed by atoms with Gasteiger partial charge in [0, 0.05) is 0 Å². The Morgan fingerprint density at radius 3 is 1.58 bits per heavy atom. The zero-order valence-corrected chi connectivity index (χ0v) is 19.0. The maximum Gasteiger partial charge on any atom is 0.200 e. The molecule has 0 fully saturated rings. The fourth-order valence-corrected chi connectivity index (χ4v) is 4.84. The highest BCUT2D eigenvalue weighted by Crippen LogP contribution is 2.31. The summed E-state index contributed by atoms with van der Waals surface area (Å²) < 4.78 is 12.0. The summed E-state index contributed by atoms with van der Waals surface area (Å²) in [7, 11) is 0. The molecule has 4 nitrogen and oxygen atoms in total. The largest absolute Gasteiger partial charge is 0.456 e. The molecule has 2 heterocycles. The van der Waals surface area contributed by atoms with Crippen molar-refractivity contribution in [1.29, 1.82) is 0 Å². The molecule has 170 valence electrons. The fraction of sp³-hybridized carbons (Fsp3) is 0. The van der Waals surface area contributed by atoms with Gasteiger partial charge in [0.25, 0.3) is 0 Å². The first-order valence-corrected chi connectivity index (χ1v) is 11.7. The molecule has 0 aliphatic carbocycles. The topological polar surface area (TPSA) is 60.4 Å². The lowest BCUT2D eigenvalue weighted by Crippen LogP contribution is -2.02. The molecule has 2 aromatic heterocycles. The average molecular weight is 466 g/mol. The van der Waals surface area contributed by atoms with Crippen LogP contribution in [0.2, 0.25) is 0 Å². The summed E-state index contributed by atoms with van der Waals surface area (Å²) in [4.78, 5) is 26.0. The lowest BCUT2D eigenvalue weighted by Gasteiger charge is -2.09. The van der Waals surface area contributed by atoms with Crippen molar-refractivity contribution < 1.29 is 8.83 Å². The maximum absolute atomic E-state index is 13.1. The molecule has 5 aromatic carbocycles. The molecule has 7 aromatic rings. The van der Waals surface area contributed by atoms with Gasteiger partial charge in [-0.3, -0.25) is 9.59 Å². The Morgan fingerprint density at radius 2 is 0.861 bits per heavy atom. The Bertz CT molecular complexity index is 2100. The second-order valence-electron chi connectivity index (χ2n) is 8.86. The molecule has 4 heteroatoms. The average Bonchev–Trinajstić information content (AvgIpc) is 2.93. The van der Waals surface area contributed by atoms with Crippen LogP contribution in [-0.2, 0) is 0 Å². The number of hydrogen-bond acceptors (Lipinski definition) is 4. The Morgan fingerprint density at radius 1 is 0.361 bits per heavy atom. The van der Waals surface area contributed by atoms with Crippen LogP contribution in [0.3, 0.4) is 0 Å². The van der Waals surface area contributed by atoms with Crippen LogP contribution in [0.15, 0.2) is 128 Å². The van der Waals surface area contributed by atoms with Gasteiger partial charge in [-0.15, -0.1) is 0 Å². The molecule has 0 atom stereocenters. The minimum atomic E-state index is -0.0401. The van der Waals surface area contributed by atoms with Gasteiger partial charge in [0.15, 0.2) is 0 Å². The van der Waals surface area contributed by atoms with Gasteiger partial charge < -0.3 is 8.83 Å². The molecular weight excluding hydrogens is 448 g/mol. The first-order valence-electron chi connectivity index (χ1n) is 11.7. The Labute approximate surface area is 204 Å². The van der Waals surface area contributed by atoms with E-state index in [2.05, 4.69) is 6.07 Å². The molecule has 0 saturated carbocycles. The number of benzene rings is 5. The van der Waals surface area contributed by atoms with E-state index in [4.69, 9.17) is 8.83 Å². The van der Waals surface area contributed by atoms with Gasteiger partial charge >= 0.3 is 0 Å². The molecule has 0 spiro atoms. The van der Waals surface area contributed by atoms with Crippen LogP contribution in [0.4, 0.5) is 0 Å². The SMILES string of the molecule is O=c1c2ccccc2oc2cc(-c3cccc(-c4ccc5oc6ccccc6c(=O)c5c4)c3)ccc12. The van der Waals surface area contributed by atoms with Crippen LogP contribution in [-0.4, -0.2) is 0 Å². The van der Waals surface area contributed by atoms with Crippen molar-refractivity contribution in [2.45, 2.75) is 0 Å². The lowest BCUT2D eigenvalue weighted by molar-refractivity contribution is 0.659. The zero-order valence-electron chi connectivity index (χ0n) is 19.0. The normalized spacial score (nSPS) is 11.6. The van der Waals surface area contributed by atoms with Crippen molar-refractivity contribution in [3.8, 4) is 22.3 Å². The second kappa shape index (κ2) is 7.79. The van der Waals surface area contributed by atoms with Crippen LogP contribution in [0.25, 0.3) is 66.1 Å². The van der Waals surface area contributed by atoms with Crippen molar-refractivity contribution in [1.82, 2.24) is 0 Å². The van der Waals surface area contributed by atoms with Crippen molar-refractivity contribution in [3.63, 3.8) is 0 Å². The third-order valence-electron chi connectivity index (χ3n) is 6.68. The van der Waals surface area contributed by atoms with E-state index in [-0.39, 0.29) is 10.9 Å². The van der Waals surface area contributed by atoms with Crippen LogP contribution >= 0.6 is 0 Å². The predicted octanol–water partition coefficient (Wildman–Crippen LogP) is 7.54. The van der Waals surface area contributed by atoms with Crippen LogP contribution in [0.5, 0.6) is 0 Å². The smallest absolute Gasteiger partial charge is 0.200 e. The highest BCUT2D eigenvalue weighted by molar-refractivity contribution is 5.94. The van der Waals surface area contributed by atoms with E-state index >= 15 is 0 Å². The monoisotopic (exact) mass is 466 g/mol. The quantitative estimate of drug-likeness (QED) is 0.247. The highest BCUT2D eigenvalue weighted by Gasteiger charge is 2.11.